The molecule has 0 aliphatic rings. The molecule has 2 aromatic carbocycles. The largest absolute Gasteiger partial charge is 0.478 e. The van der Waals surface area contributed by atoms with Crippen molar-refractivity contribution in [1.82, 2.24) is 15.6 Å². The second-order valence-electron chi connectivity index (χ2n) is 9.09. The van der Waals surface area contributed by atoms with Gasteiger partial charge in [0.05, 0.1) is 5.56 Å². The number of carbonyl (C=O) groups is 3. The first kappa shape index (κ1) is 30.8. The Kier molecular flexibility index (Phi) is 11.4. The highest BCUT2D eigenvalue weighted by atomic mass is 35.5. The molecule has 0 spiro atoms. The Morgan fingerprint density at radius 2 is 1.69 bits per heavy atom. The van der Waals surface area contributed by atoms with Crippen LogP contribution in [-0.4, -0.2) is 46.3 Å². The van der Waals surface area contributed by atoms with Crippen LogP contribution in [0.3, 0.4) is 0 Å². The van der Waals surface area contributed by atoms with Gasteiger partial charge in [0.1, 0.15) is 17.9 Å². The van der Waals surface area contributed by atoms with Crippen LogP contribution in [0.4, 0.5) is 5.69 Å². The number of carboxylic acid groups (broad SMARTS) is 1. The van der Waals surface area contributed by atoms with Crippen LogP contribution in [0.5, 0.6) is 0 Å². The molecule has 7 N–H and O–H groups in total. The molecule has 0 bridgehead atoms. The number of rotatable bonds is 12. The van der Waals surface area contributed by atoms with Crippen LogP contribution in [-0.2, 0) is 16.0 Å². The maximum Gasteiger partial charge on any atom is 0.335 e. The Labute approximate surface area is 233 Å². The number of carbonyl (C=O) groups excluding carboxylic acids is 2. The zero-order valence-electron chi connectivity index (χ0n) is 21.7. The van der Waals surface area contributed by atoms with E-state index in [1.165, 1.54) is 12.1 Å². The van der Waals surface area contributed by atoms with Crippen molar-refractivity contribution in [3.63, 3.8) is 0 Å². The Bertz CT molecular complexity index is 1280. The quantitative estimate of drug-likeness (QED) is 0.148. The summed E-state index contributed by atoms with van der Waals surface area (Å²) < 4.78 is 0. The van der Waals surface area contributed by atoms with Gasteiger partial charge in [0.25, 0.3) is 0 Å². The van der Waals surface area contributed by atoms with Crippen molar-refractivity contribution < 1.29 is 19.5 Å². The van der Waals surface area contributed by atoms with E-state index in [2.05, 4.69) is 20.9 Å². The SMILES string of the molecule is CC(C)C(NC(=O)C(Nc1cccc(C(=N)N)c1)c1ccc(C(=O)O)cc1)C(=O)NCCc1ccccn1.Cl. The average molecular weight is 553 g/mol. The molecule has 3 aromatic rings. The first-order valence-corrected chi connectivity index (χ1v) is 12.2. The van der Waals surface area contributed by atoms with Crippen LogP contribution in [0.1, 0.15) is 47.1 Å². The molecular weight excluding hydrogens is 520 g/mol. The van der Waals surface area contributed by atoms with Crippen molar-refractivity contribution in [3.05, 3.63) is 95.3 Å². The number of hydrogen-bond donors (Lipinski definition) is 6. The Balaban J connectivity index is 0.00000533. The summed E-state index contributed by atoms with van der Waals surface area (Å²) in [7, 11) is 0. The van der Waals surface area contributed by atoms with Gasteiger partial charge in [0.2, 0.25) is 11.8 Å². The molecule has 0 aliphatic heterocycles. The van der Waals surface area contributed by atoms with Gasteiger partial charge in [-0.3, -0.25) is 20.0 Å². The van der Waals surface area contributed by atoms with Crippen molar-refractivity contribution in [1.29, 1.82) is 5.41 Å². The Morgan fingerprint density at radius 1 is 0.974 bits per heavy atom. The third-order valence-electron chi connectivity index (χ3n) is 5.89. The fraction of sp³-hybridized carbons (Fsp3) is 0.250. The zero-order valence-corrected chi connectivity index (χ0v) is 22.5. The van der Waals surface area contributed by atoms with E-state index in [4.69, 9.17) is 11.1 Å². The number of anilines is 1. The van der Waals surface area contributed by atoms with Gasteiger partial charge < -0.3 is 26.8 Å². The molecule has 206 valence electrons. The van der Waals surface area contributed by atoms with Gasteiger partial charge in [-0.15, -0.1) is 12.4 Å². The molecule has 0 fully saturated rings. The number of hydrogen-bond acceptors (Lipinski definition) is 6. The smallest absolute Gasteiger partial charge is 0.335 e. The highest BCUT2D eigenvalue weighted by Crippen LogP contribution is 2.22. The van der Waals surface area contributed by atoms with Gasteiger partial charge in [-0.2, -0.15) is 0 Å². The average Bonchev–Trinajstić information content (AvgIpc) is 2.90. The van der Waals surface area contributed by atoms with E-state index in [9.17, 15) is 19.5 Å². The number of amidine groups is 1. The Hall–Kier alpha value is -4.44. The second-order valence-corrected chi connectivity index (χ2v) is 9.09. The third kappa shape index (κ3) is 8.82. The number of benzene rings is 2. The van der Waals surface area contributed by atoms with Gasteiger partial charge in [-0.25, -0.2) is 4.79 Å². The number of nitrogens with two attached hydrogens (primary N) is 1. The standard InChI is InChI=1S/C28H32N6O4.ClH/c1-17(2)23(26(35)32-15-13-21-7-3-4-14-31-21)34-27(36)24(18-9-11-19(12-10-18)28(37)38)33-22-8-5-6-20(16-22)25(29)30;/h3-12,14,16-17,23-24,33H,13,15H2,1-2H3,(H3,29,30)(H,32,35)(H,34,36)(H,37,38);1H. The number of nitrogens with one attached hydrogen (secondary N) is 4. The molecule has 10 nitrogen and oxygen atoms in total. The first-order valence-electron chi connectivity index (χ1n) is 12.2. The molecule has 11 heteroatoms. The summed E-state index contributed by atoms with van der Waals surface area (Å²) in [6.45, 7) is 4.04. The fourth-order valence-corrected chi connectivity index (χ4v) is 3.80. The maximum absolute atomic E-state index is 13.6. The van der Waals surface area contributed by atoms with Gasteiger partial charge in [-0.05, 0) is 47.9 Å². The lowest BCUT2D eigenvalue weighted by molar-refractivity contribution is -0.130. The van der Waals surface area contributed by atoms with Crippen molar-refractivity contribution >= 4 is 41.7 Å². The van der Waals surface area contributed by atoms with E-state index in [0.717, 1.165) is 5.69 Å². The van der Waals surface area contributed by atoms with Gasteiger partial charge in [-0.1, -0.05) is 44.2 Å². The van der Waals surface area contributed by atoms with Gasteiger partial charge in [0, 0.05) is 36.1 Å². The number of halogens is 1. The van der Waals surface area contributed by atoms with Crippen LogP contribution in [0.25, 0.3) is 0 Å². The number of aromatic nitrogens is 1. The monoisotopic (exact) mass is 552 g/mol. The van der Waals surface area contributed by atoms with Crippen LogP contribution in [0, 0.1) is 11.3 Å². The van der Waals surface area contributed by atoms with Gasteiger partial charge in [0.15, 0.2) is 0 Å². The van der Waals surface area contributed by atoms with Crippen LogP contribution < -0.4 is 21.7 Å². The molecule has 0 aliphatic carbocycles. The lowest BCUT2D eigenvalue weighted by Crippen LogP contribution is -2.51. The molecule has 1 heterocycles. The zero-order chi connectivity index (χ0) is 27.7. The fourth-order valence-electron chi connectivity index (χ4n) is 3.80. The van der Waals surface area contributed by atoms with Crippen molar-refractivity contribution in [3.8, 4) is 0 Å². The van der Waals surface area contributed by atoms with Crippen LogP contribution in [0.15, 0.2) is 72.9 Å². The van der Waals surface area contributed by atoms with Crippen LogP contribution >= 0.6 is 12.4 Å². The molecular formula is C28H33ClN6O4. The highest BCUT2D eigenvalue weighted by molar-refractivity contribution is 5.96. The summed E-state index contributed by atoms with van der Waals surface area (Å²) in [6, 6.07) is 16.5. The third-order valence-corrected chi connectivity index (χ3v) is 5.89. The maximum atomic E-state index is 13.6. The van der Waals surface area contributed by atoms with E-state index < -0.39 is 24.0 Å². The summed E-state index contributed by atoms with van der Waals surface area (Å²) in [5.41, 5.74) is 8.04. The normalized spacial score (nSPS) is 12.0. The predicted octanol–water partition coefficient (Wildman–Crippen LogP) is 3.14. The number of nitrogens with zero attached hydrogens (tertiary/aromatic N) is 1. The van der Waals surface area contributed by atoms with Crippen LogP contribution in [0.2, 0.25) is 0 Å². The molecule has 2 atom stereocenters. The van der Waals surface area contributed by atoms with E-state index >= 15 is 0 Å². The molecule has 1 aromatic heterocycles. The van der Waals surface area contributed by atoms with E-state index in [1.54, 1.807) is 42.6 Å². The number of nitrogen functional groups attached to an aromatic ring is 1. The molecule has 2 unspecified atom stereocenters. The minimum atomic E-state index is -1.08. The molecule has 2 amide bonds. The summed E-state index contributed by atoms with van der Waals surface area (Å²) in [5.74, 6) is -2.20. The van der Waals surface area contributed by atoms with E-state index in [0.29, 0.717) is 29.8 Å². The molecule has 0 saturated carbocycles. The van der Waals surface area contributed by atoms with E-state index in [1.807, 2.05) is 32.0 Å². The summed E-state index contributed by atoms with van der Waals surface area (Å²) >= 11 is 0. The topological polar surface area (TPSA) is 170 Å². The Morgan fingerprint density at radius 3 is 2.28 bits per heavy atom. The number of amides is 2. The van der Waals surface area contributed by atoms with Gasteiger partial charge >= 0.3 is 5.97 Å². The van der Waals surface area contributed by atoms with Crippen molar-refractivity contribution in [2.24, 2.45) is 11.7 Å². The summed E-state index contributed by atoms with van der Waals surface area (Å²) in [6.07, 6.45) is 2.24. The molecule has 0 saturated heterocycles. The number of aromatic carboxylic acids is 1. The number of pyridine rings is 1. The first-order chi connectivity index (χ1) is 18.2. The van der Waals surface area contributed by atoms with E-state index in [-0.39, 0.29) is 35.6 Å². The summed E-state index contributed by atoms with van der Waals surface area (Å²) in [5, 5.41) is 25.8. The molecule has 0 radical (unpaired) electrons. The van der Waals surface area contributed by atoms with Crippen molar-refractivity contribution in [2.75, 3.05) is 11.9 Å². The predicted molar refractivity (Wildman–Crippen MR) is 152 cm³/mol. The number of carboxylic acids is 1. The molecule has 39 heavy (non-hydrogen) atoms. The highest BCUT2D eigenvalue weighted by Gasteiger charge is 2.29. The minimum Gasteiger partial charge on any atom is -0.478 e. The lowest BCUT2D eigenvalue weighted by atomic mass is 10.00. The second kappa shape index (κ2) is 14.5. The summed E-state index contributed by atoms with van der Waals surface area (Å²) in [4.78, 5) is 42.1. The minimum absolute atomic E-state index is 0. The molecule has 3 rings (SSSR count). The van der Waals surface area contributed by atoms with Crippen molar-refractivity contribution in [2.45, 2.75) is 32.4 Å². The lowest BCUT2D eigenvalue weighted by Gasteiger charge is -2.26.